The second-order valence-electron chi connectivity index (χ2n) is 4.58. The van der Waals surface area contributed by atoms with Crippen LogP contribution < -0.4 is 11.1 Å². The van der Waals surface area contributed by atoms with Crippen molar-refractivity contribution in [3.63, 3.8) is 0 Å². The van der Waals surface area contributed by atoms with Gasteiger partial charge in [0.15, 0.2) is 6.10 Å². The molecule has 1 aromatic carbocycles. The van der Waals surface area contributed by atoms with Gasteiger partial charge in [0.2, 0.25) is 0 Å². The molecule has 1 fully saturated rings. The van der Waals surface area contributed by atoms with Crippen molar-refractivity contribution in [1.82, 2.24) is 0 Å². The molecule has 0 spiro atoms. The van der Waals surface area contributed by atoms with Crippen LogP contribution in [0.25, 0.3) is 0 Å². The number of benzene rings is 1. The molecule has 1 aliphatic heterocycles. The fourth-order valence-electron chi connectivity index (χ4n) is 2.03. The van der Waals surface area contributed by atoms with Crippen LogP contribution in [0, 0.1) is 5.82 Å². The Morgan fingerprint density at radius 3 is 2.52 bits per heavy atom. The quantitative estimate of drug-likeness (QED) is 0.747. The number of halogens is 1. The third-order valence-electron chi connectivity index (χ3n) is 3.09. The van der Waals surface area contributed by atoms with Crippen molar-refractivity contribution in [2.75, 3.05) is 5.32 Å². The highest BCUT2D eigenvalue weighted by Crippen LogP contribution is 2.22. The Labute approximate surface area is 118 Å². The van der Waals surface area contributed by atoms with Gasteiger partial charge in [0.05, 0.1) is 5.56 Å². The molecule has 1 aromatic rings. The van der Waals surface area contributed by atoms with E-state index in [1.807, 2.05) is 0 Å². The van der Waals surface area contributed by atoms with Crippen LogP contribution >= 0.6 is 0 Å². The van der Waals surface area contributed by atoms with Crippen molar-refractivity contribution < 1.29 is 28.6 Å². The highest BCUT2D eigenvalue weighted by Gasteiger charge is 2.34. The lowest BCUT2D eigenvalue weighted by molar-refractivity contribution is -0.150. The minimum atomic E-state index is -1.12. The van der Waals surface area contributed by atoms with Crippen molar-refractivity contribution in [3.05, 3.63) is 29.6 Å². The number of amides is 2. The van der Waals surface area contributed by atoms with Gasteiger partial charge in [-0.3, -0.25) is 9.59 Å². The first-order chi connectivity index (χ1) is 9.88. The van der Waals surface area contributed by atoms with Crippen LogP contribution in [0.15, 0.2) is 18.2 Å². The Hall–Kier alpha value is -2.48. The zero-order valence-electron chi connectivity index (χ0n) is 10.8. The smallest absolute Gasteiger partial charge is 0.332 e. The van der Waals surface area contributed by atoms with Gasteiger partial charge in [-0.2, -0.15) is 0 Å². The number of ether oxygens (including phenoxy) is 1. The Balaban J connectivity index is 2.05. The molecule has 0 bridgehead atoms. The van der Waals surface area contributed by atoms with Crippen LogP contribution in [0.2, 0.25) is 0 Å². The summed E-state index contributed by atoms with van der Waals surface area (Å²) in [6, 6.07) is 3.38. The first-order valence-corrected chi connectivity index (χ1v) is 6.17. The van der Waals surface area contributed by atoms with Crippen LogP contribution in [-0.2, 0) is 14.3 Å². The van der Waals surface area contributed by atoms with Crippen LogP contribution in [-0.4, -0.2) is 35.1 Å². The zero-order valence-corrected chi connectivity index (χ0v) is 10.8. The lowest BCUT2D eigenvalue weighted by Crippen LogP contribution is -2.30. The number of hydrogen-bond acceptors (Lipinski definition) is 4. The summed E-state index contributed by atoms with van der Waals surface area (Å²) in [7, 11) is 0. The molecule has 2 atom stereocenters. The van der Waals surface area contributed by atoms with Gasteiger partial charge in [0, 0.05) is 5.69 Å². The average molecular weight is 296 g/mol. The van der Waals surface area contributed by atoms with E-state index < -0.39 is 35.8 Å². The van der Waals surface area contributed by atoms with Crippen molar-refractivity contribution in [1.29, 1.82) is 0 Å². The number of carboxylic acid groups (broad SMARTS) is 1. The number of anilines is 1. The molecule has 0 unspecified atom stereocenters. The van der Waals surface area contributed by atoms with Gasteiger partial charge < -0.3 is 20.9 Å². The molecular weight excluding hydrogens is 283 g/mol. The van der Waals surface area contributed by atoms with E-state index in [2.05, 4.69) is 5.32 Å². The normalized spacial score (nSPS) is 21.0. The molecule has 0 radical (unpaired) electrons. The number of nitrogens with one attached hydrogen (secondary N) is 1. The molecule has 7 nitrogen and oxygen atoms in total. The van der Waals surface area contributed by atoms with Gasteiger partial charge in [0.25, 0.3) is 11.8 Å². The Morgan fingerprint density at radius 1 is 1.29 bits per heavy atom. The minimum Gasteiger partial charge on any atom is -0.479 e. The standard InChI is InChI=1S/C13H13FN2O5/c14-8-2-1-6(5-7(8)11(15)17)16-12(18)9-3-4-10(21-9)13(19)20/h1-2,5,9-10H,3-4H2,(H2,15,17)(H,16,18)(H,19,20)/t9-,10+/m0/s1. The van der Waals surface area contributed by atoms with Crippen LogP contribution in [0.4, 0.5) is 10.1 Å². The van der Waals surface area contributed by atoms with Gasteiger partial charge in [-0.25, -0.2) is 9.18 Å². The largest absolute Gasteiger partial charge is 0.479 e. The molecule has 112 valence electrons. The van der Waals surface area contributed by atoms with Crippen molar-refractivity contribution in [3.8, 4) is 0 Å². The van der Waals surface area contributed by atoms with Crippen LogP contribution in [0.5, 0.6) is 0 Å². The Kier molecular flexibility index (Phi) is 4.18. The highest BCUT2D eigenvalue weighted by atomic mass is 19.1. The van der Waals surface area contributed by atoms with Gasteiger partial charge in [0.1, 0.15) is 11.9 Å². The minimum absolute atomic E-state index is 0.178. The summed E-state index contributed by atoms with van der Waals surface area (Å²) < 4.78 is 18.4. The Bertz CT molecular complexity index is 604. The number of nitrogens with two attached hydrogens (primary N) is 1. The van der Waals surface area contributed by atoms with E-state index >= 15 is 0 Å². The summed E-state index contributed by atoms with van der Waals surface area (Å²) in [6.45, 7) is 0. The van der Waals surface area contributed by atoms with Gasteiger partial charge in [-0.05, 0) is 31.0 Å². The van der Waals surface area contributed by atoms with Crippen molar-refractivity contribution >= 4 is 23.5 Å². The van der Waals surface area contributed by atoms with Gasteiger partial charge in [-0.1, -0.05) is 0 Å². The van der Waals surface area contributed by atoms with E-state index in [-0.39, 0.29) is 24.1 Å². The van der Waals surface area contributed by atoms with E-state index in [1.54, 1.807) is 0 Å². The maximum absolute atomic E-state index is 13.3. The third kappa shape index (κ3) is 3.34. The van der Waals surface area contributed by atoms with E-state index in [9.17, 15) is 18.8 Å². The lowest BCUT2D eigenvalue weighted by Gasteiger charge is -2.12. The van der Waals surface area contributed by atoms with Gasteiger partial charge >= 0.3 is 5.97 Å². The summed E-state index contributed by atoms with van der Waals surface area (Å²) in [5, 5.41) is 11.2. The molecule has 1 heterocycles. The second-order valence-corrected chi connectivity index (χ2v) is 4.58. The SMILES string of the molecule is NC(=O)c1cc(NC(=O)[C@@H]2CC[C@H](C(=O)O)O2)ccc1F. The summed E-state index contributed by atoms with van der Waals surface area (Å²) in [6.07, 6.45) is -1.39. The molecule has 2 amide bonds. The predicted octanol–water partition coefficient (Wildman–Crippen LogP) is 0.495. The summed E-state index contributed by atoms with van der Waals surface area (Å²) in [5.74, 6) is -3.42. The summed E-state index contributed by atoms with van der Waals surface area (Å²) in [4.78, 5) is 33.7. The van der Waals surface area contributed by atoms with Crippen molar-refractivity contribution in [2.45, 2.75) is 25.0 Å². The monoisotopic (exact) mass is 296 g/mol. The average Bonchev–Trinajstić information content (AvgIpc) is 2.90. The maximum Gasteiger partial charge on any atom is 0.332 e. The second kappa shape index (κ2) is 5.88. The number of carbonyl (C=O) groups is 3. The molecule has 1 aliphatic rings. The van der Waals surface area contributed by atoms with E-state index in [1.165, 1.54) is 6.07 Å². The van der Waals surface area contributed by atoms with Gasteiger partial charge in [-0.15, -0.1) is 0 Å². The summed E-state index contributed by atoms with van der Waals surface area (Å²) >= 11 is 0. The molecule has 1 saturated heterocycles. The molecule has 4 N–H and O–H groups in total. The number of primary amides is 1. The molecule has 0 aliphatic carbocycles. The number of hydrogen-bond donors (Lipinski definition) is 3. The van der Waals surface area contributed by atoms with Crippen LogP contribution in [0.1, 0.15) is 23.2 Å². The number of carbonyl (C=O) groups excluding carboxylic acids is 2. The number of carboxylic acids is 1. The fraction of sp³-hybridized carbons (Fsp3) is 0.308. The zero-order chi connectivity index (χ0) is 15.6. The molecule has 0 saturated carbocycles. The predicted molar refractivity (Wildman–Crippen MR) is 69.1 cm³/mol. The number of rotatable bonds is 4. The molecule has 8 heteroatoms. The molecule has 0 aromatic heterocycles. The van der Waals surface area contributed by atoms with E-state index in [4.69, 9.17) is 15.6 Å². The van der Waals surface area contributed by atoms with E-state index in [0.29, 0.717) is 0 Å². The third-order valence-corrected chi connectivity index (χ3v) is 3.09. The highest BCUT2D eigenvalue weighted by molar-refractivity contribution is 5.98. The molecular formula is C13H13FN2O5. The van der Waals surface area contributed by atoms with Crippen molar-refractivity contribution in [2.24, 2.45) is 5.73 Å². The fourth-order valence-corrected chi connectivity index (χ4v) is 2.03. The molecule has 21 heavy (non-hydrogen) atoms. The topological polar surface area (TPSA) is 119 Å². The van der Waals surface area contributed by atoms with E-state index in [0.717, 1.165) is 12.1 Å². The number of aliphatic carboxylic acids is 1. The lowest BCUT2D eigenvalue weighted by atomic mass is 10.1. The maximum atomic E-state index is 13.3. The molecule has 2 rings (SSSR count). The Morgan fingerprint density at radius 2 is 1.95 bits per heavy atom. The summed E-state index contributed by atoms with van der Waals surface area (Å²) in [5.41, 5.74) is 4.84. The first kappa shape index (κ1) is 14.9. The van der Waals surface area contributed by atoms with Crippen LogP contribution in [0.3, 0.4) is 0 Å². The first-order valence-electron chi connectivity index (χ1n) is 6.17.